The number of anilines is 1. The Balaban J connectivity index is 1.48. The minimum absolute atomic E-state index is 0.107. The highest BCUT2D eigenvalue weighted by Crippen LogP contribution is 2.19. The second kappa shape index (κ2) is 6.64. The Hall–Kier alpha value is -3.55. The molecule has 0 saturated heterocycles. The molecule has 8 heteroatoms. The lowest BCUT2D eigenvalue weighted by molar-refractivity contribution is -0.115. The normalized spacial score (nSPS) is 11.1. The number of aromatic nitrogens is 5. The molecule has 0 aliphatic carbocycles. The van der Waals surface area contributed by atoms with Crippen molar-refractivity contribution < 1.29 is 9.32 Å². The van der Waals surface area contributed by atoms with E-state index < -0.39 is 0 Å². The van der Waals surface area contributed by atoms with Crippen LogP contribution >= 0.6 is 0 Å². The van der Waals surface area contributed by atoms with Crippen molar-refractivity contribution in [1.82, 2.24) is 24.9 Å². The molecule has 4 rings (SSSR count). The number of amides is 1. The van der Waals surface area contributed by atoms with Crippen LogP contribution in [0.25, 0.3) is 16.9 Å². The van der Waals surface area contributed by atoms with Gasteiger partial charge in [0.05, 0.1) is 30.2 Å². The number of aryl methyl sites for hydroxylation is 1. The topological polar surface area (TPSA) is 98.7 Å². The Morgan fingerprint density at radius 2 is 1.89 bits per heavy atom. The number of fused-ring (bicyclic) bond motifs is 1. The van der Waals surface area contributed by atoms with Gasteiger partial charge in [-0.1, -0.05) is 17.3 Å². The van der Waals surface area contributed by atoms with Crippen molar-refractivity contribution in [3.8, 4) is 5.95 Å². The number of nitrogens with zero attached hydrogens (tertiary/aromatic N) is 5. The first kappa shape index (κ1) is 16.9. The summed E-state index contributed by atoms with van der Waals surface area (Å²) in [5.74, 6) is 0.247. The lowest BCUT2D eigenvalue weighted by Crippen LogP contribution is -2.15. The predicted molar refractivity (Wildman–Crippen MR) is 99.7 cm³/mol. The van der Waals surface area contributed by atoms with Gasteiger partial charge in [0.2, 0.25) is 5.91 Å². The molecule has 0 atom stereocenters. The number of hydrogen-bond acceptors (Lipinski definition) is 6. The first-order chi connectivity index (χ1) is 13.0. The summed E-state index contributed by atoms with van der Waals surface area (Å²) in [4.78, 5) is 20.9. The summed E-state index contributed by atoms with van der Waals surface area (Å²) in [6, 6.07) is 7.44. The van der Waals surface area contributed by atoms with Crippen LogP contribution in [0, 0.1) is 20.8 Å². The molecular weight excluding hydrogens is 344 g/mol. The number of rotatable bonds is 4. The third-order valence-electron chi connectivity index (χ3n) is 4.54. The van der Waals surface area contributed by atoms with E-state index in [9.17, 15) is 4.79 Å². The van der Waals surface area contributed by atoms with Crippen molar-refractivity contribution in [2.45, 2.75) is 27.2 Å². The molecule has 3 aromatic heterocycles. The molecule has 1 amide bonds. The van der Waals surface area contributed by atoms with Gasteiger partial charge in [-0.05, 0) is 38.5 Å². The summed E-state index contributed by atoms with van der Waals surface area (Å²) in [6.07, 6.45) is 3.23. The number of carbonyl (C=O) groups excluding carboxylic acids is 1. The van der Waals surface area contributed by atoms with Crippen LogP contribution in [0.3, 0.4) is 0 Å². The van der Waals surface area contributed by atoms with Gasteiger partial charge >= 0.3 is 0 Å². The van der Waals surface area contributed by atoms with Gasteiger partial charge in [-0.2, -0.15) is 5.10 Å². The smallest absolute Gasteiger partial charge is 0.250 e. The molecule has 0 bridgehead atoms. The van der Waals surface area contributed by atoms with Gasteiger partial charge in [0, 0.05) is 11.1 Å². The summed E-state index contributed by atoms with van der Waals surface area (Å²) in [5, 5.41) is 12.0. The number of nitrogens with one attached hydrogen (secondary N) is 1. The second-order valence-corrected chi connectivity index (χ2v) is 6.33. The third-order valence-corrected chi connectivity index (χ3v) is 4.54. The number of carbonyl (C=O) groups is 1. The number of para-hydroxylation sites is 1. The maximum Gasteiger partial charge on any atom is 0.250 e. The van der Waals surface area contributed by atoms with Crippen molar-refractivity contribution in [1.29, 1.82) is 0 Å². The van der Waals surface area contributed by atoms with Crippen LogP contribution in [0.5, 0.6) is 0 Å². The number of hydrogen-bond donors (Lipinski definition) is 1. The van der Waals surface area contributed by atoms with E-state index in [0.29, 0.717) is 22.9 Å². The lowest BCUT2D eigenvalue weighted by atomic mass is 10.1. The monoisotopic (exact) mass is 362 g/mol. The van der Waals surface area contributed by atoms with E-state index in [1.54, 1.807) is 17.1 Å². The zero-order chi connectivity index (χ0) is 19.0. The first-order valence-electron chi connectivity index (χ1n) is 8.51. The van der Waals surface area contributed by atoms with E-state index in [4.69, 9.17) is 4.52 Å². The molecule has 0 radical (unpaired) electrons. The minimum atomic E-state index is -0.215. The van der Waals surface area contributed by atoms with Gasteiger partial charge in [-0.15, -0.1) is 0 Å². The largest absolute Gasteiger partial charge is 0.356 e. The number of benzene rings is 1. The average Bonchev–Trinajstić information content (AvgIpc) is 3.19. The SMILES string of the molecule is Cc1nn(-c2ncc(NC(=O)Cc3noc4ccccc34)cn2)c(C)c1C. The van der Waals surface area contributed by atoms with Crippen molar-refractivity contribution in [3.05, 3.63) is 59.3 Å². The van der Waals surface area contributed by atoms with E-state index in [2.05, 4.69) is 25.5 Å². The summed E-state index contributed by atoms with van der Waals surface area (Å²) in [5.41, 5.74) is 4.80. The van der Waals surface area contributed by atoms with Gasteiger partial charge in [0.1, 0.15) is 5.69 Å². The Morgan fingerprint density at radius 3 is 2.59 bits per heavy atom. The van der Waals surface area contributed by atoms with Crippen molar-refractivity contribution in [2.75, 3.05) is 5.32 Å². The van der Waals surface area contributed by atoms with E-state index in [1.807, 2.05) is 45.0 Å². The van der Waals surface area contributed by atoms with Crippen molar-refractivity contribution in [2.24, 2.45) is 0 Å². The molecule has 1 N–H and O–H groups in total. The molecule has 1 aromatic carbocycles. The molecule has 3 heterocycles. The van der Waals surface area contributed by atoms with Crippen LogP contribution in [-0.2, 0) is 11.2 Å². The Morgan fingerprint density at radius 1 is 1.15 bits per heavy atom. The molecule has 0 unspecified atom stereocenters. The summed E-state index contributed by atoms with van der Waals surface area (Å²) in [6.45, 7) is 5.92. The molecular formula is C19H18N6O2. The molecule has 0 aliphatic rings. The van der Waals surface area contributed by atoms with Crippen LogP contribution in [0.4, 0.5) is 5.69 Å². The maximum atomic E-state index is 12.3. The second-order valence-electron chi connectivity index (χ2n) is 6.33. The van der Waals surface area contributed by atoms with Crippen molar-refractivity contribution in [3.63, 3.8) is 0 Å². The van der Waals surface area contributed by atoms with Gasteiger partial charge in [0.25, 0.3) is 5.95 Å². The highest BCUT2D eigenvalue weighted by Gasteiger charge is 2.14. The Bertz CT molecular complexity index is 1130. The van der Waals surface area contributed by atoms with E-state index in [0.717, 1.165) is 22.3 Å². The van der Waals surface area contributed by atoms with Crippen LogP contribution in [0.1, 0.15) is 22.6 Å². The molecule has 0 spiro atoms. The Labute approximate surface area is 155 Å². The predicted octanol–water partition coefficient (Wildman–Crippen LogP) is 2.91. The van der Waals surface area contributed by atoms with Crippen LogP contribution in [-0.4, -0.2) is 30.8 Å². The fourth-order valence-corrected chi connectivity index (χ4v) is 2.83. The average molecular weight is 362 g/mol. The van der Waals surface area contributed by atoms with Gasteiger partial charge in [-0.25, -0.2) is 14.6 Å². The van der Waals surface area contributed by atoms with Crippen LogP contribution in [0.2, 0.25) is 0 Å². The van der Waals surface area contributed by atoms with Gasteiger partial charge in [-0.3, -0.25) is 4.79 Å². The van der Waals surface area contributed by atoms with E-state index in [1.165, 1.54) is 0 Å². The standard InChI is InChI=1S/C19H18N6O2/c1-11-12(2)23-25(13(11)3)19-20-9-14(10-21-19)22-18(26)8-16-15-6-4-5-7-17(15)27-24-16/h4-7,9-10H,8H2,1-3H3,(H,22,26). The highest BCUT2D eigenvalue weighted by molar-refractivity contribution is 5.94. The molecule has 0 fully saturated rings. The van der Waals surface area contributed by atoms with Crippen LogP contribution < -0.4 is 5.32 Å². The lowest BCUT2D eigenvalue weighted by Gasteiger charge is -2.06. The Kier molecular flexibility index (Phi) is 4.15. The summed E-state index contributed by atoms with van der Waals surface area (Å²) >= 11 is 0. The third kappa shape index (κ3) is 3.17. The summed E-state index contributed by atoms with van der Waals surface area (Å²) in [7, 11) is 0. The first-order valence-corrected chi connectivity index (χ1v) is 8.51. The minimum Gasteiger partial charge on any atom is -0.356 e. The molecule has 0 saturated carbocycles. The van der Waals surface area contributed by atoms with Gasteiger partial charge < -0.3 is 9.84 Å². The van der Waals surface area contributed by atoms with Crippen molar-refractivity contribution >= 4 is 22.6 Å². The zero-order valence-corrected chi connectivity index (χ0v) is 15.2. The molecule has 27 heavy (non-hydrogen) atoms. The van der Waals surface area contributed by atoms with E-state index >= 15 is 0 Å². The molecule has 136 valence electrons. The maximum absolute atomic E-state index is 12.3. The fourth-order valence-electron chi connectivity index (χ4n) is 2.83. The quantitative estimate of drug-likeness (QED) is 0.599. The van der Waals surface area contributed by atoms with Gasteiger partial charge in [0.15, 0.2) is 5.58 Å². The fraction of sp³-hybridized carbons (Fsp3) is 0.211. The van der Waals surface area contributed by atoms with E-state index in [-0.39, 0.29) is 12.3 Å². The van der Waals surface area contributed by atoms with Crippen LogP contribution in [0.15, 0.2) is 41.2 Å². The molecule has 4 aromatic rings. The molecule has 8 nitrogen and oxygen atoms in total. The zero-order valence-electron chi connectivity index (χ0n) is 15.2. The highest BCUT2D eigenvalue weighted by atomic mass is 16.5. The summed E-state index contributed by atoms with van der Waals surface area (Å²) < 4.78 is 6.92. The molecule has 0 aliphatic heterocycles.